The maximum Gasteiger partial charge on any atom is 0.350 e. The van der Waals surface area contributed by atoms with Crippen molar-refractivity contribution in [3.05, 3.63) is 34.3 Å². The molecule has 0 aliphatic rings. The van der Waals surface area contributed by atoms with E-state index in [4.69, 9.17) is 15.6 Å². The van der Waals surface area contributed by atoms with Gasteiger partial charge in [-0.05, 0) is 32.0 Å². The summed E-state index contributed by atoms with van der Waals surface area (Å²) in [6.07, 6.45) is 0. The van der Waals surface area contributed by atoms with E-state index in [1.165, 1.54) is 12.1 Å². The Morgan fingerprint density at radius 2 is 2.08 bits per heavy atom. The second-order valence-electron chi connectivity index (χ2n) is 4.81. The molecule has 9 nitrogen and oxygen atoms in total. The summed E-state index contributed by atoms with van der Waals surface area (Å²) in [6.45, 7) is 3.38. The molecule has 0 radical (unpaired) electrons. The number of esters is 1. The van der Waals surface area contributed by atoms with E-state index in [2.05, 4.69) is 9.71 Å². The van der Waals surface area contributed by atoms with Gasteiger partial charge in [0.05, 0.1) is 22.8 Å². The molecular weight excluding hydrogens is 370 g/mol. The van der Waals surface area contributed by atoms with E-state index in [1.807, 2.05) is 0 Å². The number of benzene rings is 1. The fraction of sp³-hybridized carbons (Fsp3) is 0.214. The summed E-state index contributed by atoms with van der Waals surface area (Å²) in [6, 6.07) is 3.32. The van der Waals surface area contributed by atoms with Crippen LogP contribution in [0.2, 0.25) is 0 Å². The van der Waals surface area contributed by atoms with E-state index < -0.39 is 22.0 Å². The fourth-order valence-electron chi connectivity index (χ4n) is 1.89. The number of anilines is 2. The number of aromatic nitrogens is 1. The van der Waals surface area contributed by atoms with E-state index in [-0.39, 0.29) is 32.8 Å². The van der Waals surface area contributed by atoms with Crippen molar-refractivity contribution in [3.63, 3.8) is 0 Å². The Bertz CT molecular complexity index is 936. The summed E-state index contributed by atoms with van der Waals surface area (Å²) in [4.78, 5) is 26.7. The Hall–Kier alpha value is -2.66. The third kappa shape index (κ3) is 4.06. The molecule has 0 spiro atoms. The molecule has 0 aliphatic carbocycles. The minimum Gasteiger partial charge on any atom is -0.478 e. The van der Waals surface area contributed by atoms with Crippen LogP contribution in [-0.2, 0) is 14.8 Å². The number of nitrogens with two attached hydrogens (primary N) is 1. The van der Waals surface area contributed by atoms with Gasteiger partial charge in [0.15, 0.2) is 5.13 Å². The molecule has 0 bridgehead atoms. The van der Waals surface area contributed by atoms with E-state index in [1.54, 1.807) is 13.8 Å². The molecule has 25 heavy (non-hydrogen) atoms. The molecule has 1 aromatic heterocycles. The van der Waals surface area contributed by atoms with Gasteiger partial charge in [-0.1, -0.05) is 11.3 Å². The molecule has 0 amide bonds. The maximum atomic E-state index is 12.4. The van der Waals surface area contributed by atoms with Crippen LogP contribution in [-0.4, -0.2) is 37.1 Å². The fourth-order valence-corrected chi connectivity index (χ4v) is 4.01. The topological polar surface area (TPSA) is 149 Å². The first-order chi connectivity index (χ1) is 11.7. The SMILES string of the molecule is CCOC(=O)c1sc(NS(=O)(=O)c2ccc(N)c(C(=O)O)c2)nc1C. The standard InChI is InChI=1S/C14H15N3O6S2/c1-3-23-13(20)11-7(2)16-14(24-11)17-25(21,22)8-4-5-10(15)9(6-8)12(18)19/h4-6H,3,15H2,1-2H3,(H,16,17)(H,18,19). The normalized spacial score (nSPS) is 11.1. The number of aromatic carboxylic acids is 1. The number of hydrogen-bond donors (Lipinski definition) is 3. The molecule has 0 aliphatic heterocycles. The zero-order valence-electron chi connectivity index (χ0n) is 13.3. The molecule has 0 saturated carbocycles. The highest BCUT2D eigenvalue weighted by atomic mass is 32.2. The van der Waals surface area contributed by atoms with Crippen LogP contribution in [0.25, 0.3) is 0 Å². The van der Waals surface area contributed by atoms with Gasteiger partial charge in [-0.2, -0.15) is 0 Å². The molecule has 4 N–H and O–H groups in total. The molecule has 0 fully saturated rings. The van der Waals surface area contributed by atoms with Crippen molar-refractivity contribution in [1.29, 1.82) is 0 Å². The first-order valence-corrected chi connectivity index (χ1v) is 9.26. The monoisotopic (exact) mass is 385 g/mol. The molecule has 1 heterocycles. The lowest BCUT2D eigenvalue weighted by Gasteiger charge is -2.07. The number of thiazole rings is 1. The molecule has 0 atom stereocenters. The van der Waals surface area contributed by atoms with Crippen LogP contribution in [0, 0.1) is 6.92 Å². The lowest BCUT2D eigenvalue weighted by Crippen LogP contribution is -2.14. The van der Waals surface area contributed by atoms with Gasteiger partial charge >= 0.3 is 11.9 Å². The lowest BCUT2D eigenvalue weighted by atomic mass is 10.2. The van der Waals surface area contributed by atoms with E-state index in [0.717, 1.165) is 17.4 Å². The summed E-state index contributed by atoms with van der Waals surface area (Å²) >= 11 is 0.826. The second kappa shape index (κ2) is 7.07. The summed E-state index contributed by atoms with van der Waals surface area (Å²) in [5.41, 5.74) is 5.45. The van der Waals surface area contributed by atoms with E-state index in [9.17, 15) is 18.0 Å². The van der Waals surface area contributed by atoms with Crippen LogP contribution >= 0.6 is 11.3 Å². The number of sulfonamides is 1. The van der Waals surface area contributed by atoms with Crippen LogP contribution < -0.4 is 10.5 Å². The molecule has 11 heteroatoms. The number of carboxylic acids is 1. The van der Waals surface area contributed by atoms with Crippen molar-refractivity contribution < 1.29 is 27.9 Å². The number of ether oxygens (including phenoxy) is 1. The quantitative estimate of drug-likeness (QED) is 0.502. The zero-order chi connectivity index (χ0) is 18.8. The summed E-state index contributed by atoms with van der Waals surface area (Å²) in [5.74, 6) is -1.94. The Balaban J connectivity index is 2.34. The van der Waals surface area contributed by atoms with Gasteiger partial charge in [-0.15, -0.1) is 0 Å². The van der Waals surface area contributed by atoms with E-state index >= 15 is 0 Å². The van der Waals surface area contributed by atoms with Crippen LogP contribution in [0.1, 0.15) is 32.6 Å². The number of carbonyl (C=O) groups is 2. The molecule has 2 rings (SSSR count). The van der Waals surface area contributed by atoms with Gasteiger partial charge in [0.2, 0.25) is 0 Å². The largest absolute Gasteiger partial charge is 0.478 e. The van der Waals surface area contributed by atoms with Crippen LogP contribution in [0.5, 0.6) is 0 Å². The lowest BCUT2D eigenvalue weighted by molar-refractivity contribution is 0.0530. The van der Waals surface area contributed by atoms with E-state index in [0.29, 0.717) is 5.69 Å². The molecule has 2 aromatic rings. The number of nitrogens with zero attached hydrogens (tertiary/aromatic N) is 1. The van der Waals surface area contributed by atoms with Gasteiger partial charge in [-0.25, -0.2) is 23.0 Å². The number of rotatable bonds is 6. The number of nitrogens with one attached hydrogen (secondary N) is 1. The first-order valence-electron chi connectivity index (χ1n) is 6.96. The molecular formula is C14H15N3O6S2. The average molecular weight is 385 g/mol. The third-order valence-electron chi connectivity index (χ3n) is 3.04. The van der Waals surface area contributed by atoms with Crippen molar-refractivity contribution in [2.75, 3.05) is 17.1 Å². The minimum absolute atomic E-state index is 0.0331. The molecule has 1 aromatic carbocycles. The van der Waals surface area contributed by atoms with Crippen LogP contribution in [0.3, 0.4) is 0 Å². The van der Waals surface area contributed by atoms with Crippen LogP contribution in [0.4, 0.5) is 10.8 Å². The smallest absolute Gasteiger partial charge is 0.350 e. The van der Waals surface area contributed by atoms with Crippen molar-refractivity contribution in [1.82, 2.24) is 4.98 Å². The number of carboxylic acid groups (broad SMARTS) is 1. The highest BCUT2D eigenvalue weighted by Crippen LogP contribution is 2.26. The number of carbonyl (C=O) groups excluding carboxylic acids is 1. The van der Waals surface area contributed by atoms with Gasteiger partial charge in [-0.3, -0.25) is 4.72 Å². The summed E-state index contributed by atoms with van der Waals surface area (Å²) in [5, 5.41) is 9.01. The van der Waals surface area contributed by atoms with Gasteiger partial charge in [0.25, 0.3) is 10.0 Å². The molecule has 0 saturated heterocycles. The highest BCUT2D eigenvalue weighted by molar-refractivity contribution is 7.93. The number of hydrogen-bond acceptors (Lipinski definition) is 8. The Labute approximate surface area is 147 Å². The molecule has 0 unspecified atom stereocenters. The number of aryl methyl sites for hydroxylation is 1. The minimum atomic E-state index is -4.10. The average Bonchev–Trinajstić information content (AvgIpc) is 2.87. The zero-order valence-corrected chi connectivity index (χ0v) is 14.9. The number of nitrogen functional groups attached to an aromatic ring is 1. The Morgan fingerprint density at radius 1 is 1.40 bits per heavy atom. The maximum absolute atomic E-state index is 12.4. The second-order valence-corrected chi connectivity index (χ2v) is 7.50. The predicted octanol–water partition coefficient (Wildman–Crippen LogP) is 1.71. The summed E-state index contributed by atoms with van der Waals surface area (Å²) in [7, 11) is -4.10. The van der Waals surface area contributed by atoms with Gasteiger partial charge in [0.1, 0.15) is 4.88 Å². The third-order valence-corrected chi connectivity index (χ3v) is 5.56. The van der Waals surface area contributed by atoms with Crippen molar-refractivity contribution in [2.24, 2.45) is 0 Å². The highest BCUT2D eigenvalue weighted by Gasteiger charge is 2.22. The van der Waals surface area contributed by atoms with Crippen molar-refractivity contribution in [3.8, 4) is 0 Å². The predicted molar refractivity (Wildman–Crippen MR) is 91.4 cm³/mol. The van der Waals surface area contributed by atoms with Crippen molar-refractivity contribution >= 4 is 44.1 Å². The van der Waals surface area contributed by atoms with Gasteiger partial charge in [0, 0.05) is 5.69 Å². The van der Waals surface area contributed by atoms with Crippen molar-refractivity contribution in [2.45, 2.75) is 18.7 Å². The van der Waals surface area contributed by atoms with Gasteiger partial charge < -0.3 is 15.6 Å². The molecule has 134 valence electrons. The Morgan fingerprint density at radius 3 is 2.68 bits per heavy atom. The Kier molecular flexibility index (Phi) is 5.28. The first kappa shape index (κ1) is 18.7. The summed E-state index contributed by atoms with van der Waals surface area (Å²) < 4.78 is 31.9. The van der Waals surface area contributed by atoms with Crippen LogP contribution in [0.15, 0.2) is 23.1 Å².